The summed E-state index contributed by atoms with van der Waals surface area (Å²) in [6.07, 6.45) is 0. The number of amides is 2. The molecule has 0 bridgehead atoms. The van der Waals surface area contributed by atoms with E-state index in [1.807, 2.05) is 30.3 Å². The van der Waals surface area contributed by atoms with Gasteiger partial charge in [0.25, 0.3) is 21.6 Å². The van der Waals surface area contributed by atoms with Gasteiger partial charge in [-0.1, -0.05) is 66.7 Å². The fourth-order valence-electron chi connectivity index (χ4n) is 3.78. The number of non-ortho nitro benzene ring substituents is 1. The summed E-state index contributed by atoms with van der Waals surface area (Å²) in [5.74, 6) is -1.17. The average Bonchev–Trinajstić information content (AvgIpc) is 2.96. The number of nitro groups is 1. The second-order valence-corrected chi connectivity index (χ2v) is 10.2. The summed E-state index contributed by atoms with van der Waals surface area (Å²) in [6.45, 7) is -0.420. The van der Waals surface area contributed by atoms with Crippen LogP contribution in [-0.4, -0.2) is 31.7 Å². The Kier molecular flexibility index (Phi) is 8.32. The number of anilines is 2. The Labute approximate surface area is 225 Å². The Morgan fingerprint density at radius 3 is 2.15 bits per heavy atom. The molecular formula is C28H24N4O6S. The first-order chi connectivity index (χ1) is 18.8. The number of sulfonamides is 1. The number of nitrogens with zero attached hydrogens (tertiary/aromatic N) is 2. The van der Waals surface area contributed by atoms with Crippen LogP contribution in [0.2, 0.25) is 0 Å². The first-order valence-electron chi connectivity index (χ1n) is 11.8. The second kappa shape index (κ2) is 12.0. The SMILES string of the molecule is O=C(CN(c1cccc([N+](=O)[O-])c1)S(=O)(=O)c1ccccc1)Nc1ccccc1C(=O)NCc1ccccc1. The third-order valence-electron chi connectivity index (χ3n) is 5.69. The fourth-order valence-corrected chi connectivity index (χ4v) is 5.21. The second-order valence-electron chi connectivity index (χ2n) is 8.36. The molecule has 0 aliphatic carbocycles. The van der Waals surface area contributed by atoms with Crippen LogP contribution in [0, 0.1) is 10.1 Å². The maximum Gasteiger partial charge on any atom is 0.271 e. The van der Waals surface area contributed by atoms with E-state index in [1.54, 1.807) is 18.2 Å². The summed E-state index contributed by atoms with van der Waals surface area (Å²) in [4.78, 5) is 36.6. The molecular weight excluding hydrogens is 520 g/mol. The maximum atomic E-state index is 13.5. The van der Waals surface area contributed by atoms with E-state index in [2.05, 4.69) is 10.6 Å². The number of hydrogen-bond donors (Lipinski definition) is 2. The molecule has 0 aromatic heterocycles. The van der Waals surface area contributed by atoms with Gasteiger partial charge in [-0.3, -0.25) is 24.0 Å². The van der Waals surface area contributed by atoms with E-state index in [9.17, 15) is 28.1 Å². The van der Waals surface area contributed by atoms with E-state index >= 15 is 0 Å². The minimum Gasteiger partial charge on any atom is -0.348 e. The molecule has 0 spiro atoms. The molecule has 0 unspecified atom stereocenters. The fraction of sp³-hybridized carbons (Fsp3) is 0.0714. The molecule has 0 aliphatic heterocycles. The zero-order valence-electron chi connectivity index (χ0n) is 20.6. The van der Waals surface area contributed by atoms with Crippen LogP contribution in [0.5, 0.6) is 0 Å². The molecule has 2 N–H and O–H groups in total. The van der Waals surface area contributed by atoms with Gasteiger partial charge in [-0.15, -0.1) is 0 Å². The zero-order chi connectivity index (χ0) is 27.8. The topological polar surface area (TPSA) is 139 Å². The lowest BCUT2D eigenvalue weighted by Gasteiger charge is -2.24. The van der Waals surface area contributed by atoms with Crippen LogP contribution >= 0.6 is 0 Å². The minimum atomic E-state index is -4.28. The Morgan fingerprint density at radius 2 is 1.46 bits per heavy atom. The molecule has 10 nitrogen and oxygen atoms in total. The van der Waals surface area contributed by atoms with Crippen molar-refractivity contribution in [2.24, 2.45) is 0 Å². The molecule has 0 heterocycles. The van der Waals surface area contributed by atoms with Gasteiger partial charge in [0.15, 0.2) is 0 Å². The number of carbonyl (C=O) groups is 2. The monoisotopic (exact) mass is 544 g/mol. The minimum absolute atomic E-state index is 0.0582. The molecule has 0 fully saturated rings. The summed E-state index contributed by atoms with van der Waals surface area (Å²) in [6, 6.07) is 28.1. The van der Waals surface area contributed by atoms with Gasteiger partial charge in [0, 0.05) is 18.7 Å². The Morgan fingerprint density at radius 1 is 0.821 bits per heavy atom. The zero-order valence-corrected chi connectivity index (χ0v) is 21.4. The van der Waals surface area contributed by atoms with Crippen molar-refractivity contribution >= 4 is 38.9 Å². The van der Waals surface area contributed by atoms with Crippen molar-refractivity contribution in [3.05, 3.63) is 130 Å². The molecule has 11 heteroatoms. The van der Waals surface area contributed by atoms with Crippen LogP contribution in [-0.2, 0) is 21.4 Å². The highest BCUT2D eigenvalue weighted by Crippen LogP contribution is 2.27. The molecule has 4 aromatic carbocycles. The Balaban J connectivity index is 1.59. The molecule has 4 rings (SSSR count). The lowest BCUT2D eigenvalue weighted by atomic mass is 10.1. The molecule has 0 radical (unpaired) electrons. The van der Waals surface area contributed by atoms with Gasteiger partial charge >= 0.3 is 0 Å². The van der Waals surface area contributed by atoms with Crippen molar-refractivity contribution in [2.75, 3.05) is 16.2 Å². The summed E-state index contributed by atoms with van der Waals surface area (Å²) < 4.78 is 27.8. The van der Waals surface area contributed by atoms with Crippen molar-refractivity contribution in [2.45, 2.75) is 11.4 Å². The molecule has 0 atom stereocenters. The van der Waals surface area contributed by atoms with E-state index in [0.717, 1.165) is 15.9 Å². The largest absolute Gasteiger partial charge is 0.348 e. The van der Waals surface area contributed by atoms with Gasteiger partial charge in [0.05, 0.1) is 26.8 Å². The Hall–Kier alpha value is -5.03. The van der Waals surface area contributed by atoms with Crippen molar-refractivity contribution < 1.29 is 22.9 Å². The summed E-state index contributed by atoms with van der Waals surface area (Å²) >= 11 is 0. The molecule has 198 valence electrons. The maximum absolute atomic E-state index is 13.5. The van der Waals surface area contributed by atoms with Gasteiger partial charge < -0.3 is 10.6 Å². The van der Waals surface area contributed by atoms with Gasteiger partial charge in [0.2, 0.25) is 5.91 Å². The highest BCUT2D eigenvalue weighted by atomic mass is 32.2. The van der Waals surface area contributed by atoms with Crippen LogP contribution in [0.25, 0.3) is 0 Å². The highest BCUT2D eigenvalue weighted by Gasteiger charge is 2.28. The van der Waals surface area contributed by atoms with Crippen molar-refractivity contribution in [1.82, 2.24) is 5.32 Å². The van der Waals surface area contributed by atoms with Crippen LogP contribution in [0.1, 0.15) is 15.9 Å². The number of para-hydroxylation sites is 1. The number of benzene rings is 4. The first kappa shape index (κ1) is 27.0. The van der Waals surface area contributed by atoms with E-state index < -0.39 is 33.3 Å². The summed E-state index contributed by atoms with van der Waals surface area (Å²) in [5.41, 5.74) is 0.878. The van der Waals surface area contributed by atoms with Crippen molar-refractivity contribution in [3.8, 4) is 0 Å². The molecule has 39 heavy (non-hydrogen) atoms. The van der Waals surface area contributed by atoms with E-state index in [0.29, 0.717) is 0 Å². The van der Waals surface area contributed by atoms with E-state index in [4.69, 9.17) is 0 Å². The molecule has 0 saturated heterocycles. The lowest BCUT2D eigenvalue weighted by Crippen LogP contribution is -2.38. The number of rotatable bonds is 10. The third-order valence-corrected chi connectivity index (χ3v) is 7.48. The number of hydrogen-bond acceptors (Lipinski definition) is 6. The van der Waals surface area contributed by atoms with E-state index in [-0.39, 0.29) is 34.1 Å². The lowest BCUT2D eigenvalue weighted by molar-refractivity contribution is -0.384. The average molecular weight is 545 g/mol. The number of nitro benzene ring substituents is 1. The van der Waals surface area contributed by atoms with Crippen LogP contribution in [0.4, 0.5) is 17.1 Å². The highest BCUT2D eigenvalue weighted by molar-refractivity contribution is 7.92. The summed E-state index contributed by atoms with van der Waals surface area (Å²) in [7, 11) is -4.28. The predicted molar refractivity (Wildman–Crippen MR) is 147 cm³/mol. The van der Waals surface area contributed by atoms with Gasteiger partial charge in [0.1, 0.15) is 6.54 Å². The summed E-state index contributed by atoms with van der Waals surface area (Å²) in [5, 5.41) is 16.7. The smallest absolute Gasteiger partial charge is 0.271 e. The molecule has 0 saturated carbocycles. The van der Waals surface area contributed by atoms with Gasteiger partial charge in [-0.05, 0) is 35.9 Å². The number of nitrogens with one attached hydrogen (secondary N) is 2. The van der Waals surface area contributed by atoms with Crippen LogP contribution < -0.4 is 14.9 Å². The molecule has 0 aliphatic rings. The predicted octanol–water partition coefficient (Wildman–Crippen LogP) is 4.36. The quantitative estimate of drug-likeness (QED) is 0.225. The van der Waals surface area contributed by atoms with Crippen molar-refractivity contribution in [1.29, 1.82) is 0 Å². The number of carbonyl (C=O) groups excluding carboxylic acids is 2. The van der Waals surface area contributed by atoms with Crippen molar-refractivity contribution in [3.63, 3.8) is 0 Å². The Bertz CT molecular complexity index is 1590. The first-order valence-corrected chi connectivity index (χ1v) is 13.2. The van der Waals surface area contributed by atoms with Gasteiger partial charge in [-0.2, -0.15) is 0 Å². The standard InChI is InChI=1S/C28H24N4O6S/c33-27(30-26-17-8-7-16-25(26)28(34)29-19-21-10-3-1-4-11-21)20-31(22-12-9-13-23(18-22)32(35)36)39(37,38)24-14-5-2-6-15-24/h1-18H,19-20H2,(H,29,34)(H,30,33). The molecule has 2 amide bonds. The van der Waals surface area contributed by atoms with Crippen LogP contribution in [0.15, 0.2) is 114 Å². The molecule has 4 aromatic rings. The van der Waals surface area contributed by atoms with E-state index in [1.165, 1.54) is 54.6 Å². The van der Waals surface area contributed by atoms with Crippen LogP contribution in [0.3, 0.4) is 0 Å². The third kappa shape index (κ3) is 6.65. The normalized spacial score (nSPS) is 10.9. The van der Waals surface area contributed by atoms with Gasteiger partial charge in [-0.25, -0.2) is 8.42 Å².